The topological polar surface area (TPSA) is 50.2 Å². The molecular weight excluding hydrogens is 288 g/mol. The number of nitrogens with one attached hydrogen (secondary N) is 1. The quantitative estimate of drug-likeness (QED) is 0.762. The van der Waals surface area contributed by atoms with Crippen molar-refractivity contribution < 1.29 is 4.79 Å². The number of carbonyl (C=O) groups is 1. The third-order valence-electron chi connectivity index (χ3n) is 3.35. The lowest BCUT2D eigenvalue weighted by atomic mass is 10.1. The molecule has 0 aliphatic heterocycles. The Morgan fingerprint density at radius 2 is 2.00 bits per heavy atom. The molecule has 2 rings (SSSR count). The molecule has 1 aromatic heterocycles. The molecule has 0 atom stereocenters. The lowest BCUT2D eigenvalue weighted by Crippen LogP contribution is -2.39. The van der Waals surface area contributed by atoms with E-state index in [0.29, 0.717) is 19.6 Å². The SMILES string of the molecule is C=CCN(CC=C)C(=O)NCc1cccc(Cn2ccnc2)c1. The largest absolute Gasteiger partial charge is 0.334 e. The highest BCUT2D eigenvalue weighted by Gasteiger charge is 2.09. The molecule has 1 N–H and O–H groups in total. The second-order valence-corrected chi connectivity index (χ2v) is 5.20. The van der Waals surface area contributed by atoms with Gasteiger partial charge in [-0.2, -0.15) is 0 Å². The van der Waals surface area contributed by atoms with Crippen molar-refractivity contribution in [3.8, 4) is 0 Å². The molecule has 2 amide bonds. The van der Waals surface area contributed by atoms with Crippen molar-refractivity contribution in [2.45, 2.75) is 13.1 Å². The number of hydrogen-bond donors (Lipinski definition) is 1. The van der Waals surface area contributed by atoms with Gasteiger partial charge in [0.25, 0.3) is 0 Å². The first kappa shape index (κ1) is 16.5. The number of urea groups is 1. The van der Waals surface area contributed by atoms with Gasteiger partial charge in [0, 0.05) is 38.6 Å². The summed E-state index contributed by atoms with van der Waals surface area (Å²) >= 11 is 0. The van der Waals surface area contributed by atoms with Gasteiger partial charge in [0.05, 0.1) is 6.33 Å². The molecule has 0 saturated heterocycles. The molecule has 0 fully saturated rings. The van der Waals surface area contributed by atoms with E-state index in [9.17, 15) is 4.79 Å². The Balaban J connectivity index is 1.93. The molecule has 0 radical (unpaired) electrons. The molecule has 0 aliphatic carbocycles. The minimum atomic E-state index is -0.121. The summed E-state index contributed by atoms with van der Waals surface area (Å²) < 4.78 is 2.01. The van der Waals surface area contributed by atoms with E-state index in [4.69, 9.17) is 0 Å². The summed E-state index contributed by atoms with van der Waals surface area (Å²) in [5, 5.41) is 2.93. The van der Waals surface area contributed by atoms with Crippen LogP contribution in [0.5, 0.6) is 0 Å². The minimum absolute atomic E-state index is 0.121. The number of carbonyl (C=O) groups excluding carboxylic acids is 1. The molecule has 23 heavy (non-hydrogen) atoms. The molecule has 2 aromatic rings. The molecule has 0 saturated carbocycles. The summed E-state index contributed by atoms with van der Waals surface area (Å²) in [6.07, 6.45) is 8.88. The first-order valence-electron chi connectivity index (χ1n) is 7.51. The smallest absolute Gasteiger partial charge is 0.318 e. The van der Waals surface area contributed by atoms with Gasteiger partial charge >= 0.3 is 6.03 Å². The number of aromatic nitrogens is 2. The summed E-state index contributed by atoms with van der Waals surface area (Å²) in [5.74, 6) is 0. The fourth-order valence-electron chi connectivity index (χ4n) is 2.27. The highest BCUT2D eigenvalue weighted by molar-refractivity contribution is 5.74. The number of hydrogen-bond acceptors (Lipinski definition) is 2. The van der Waals surface area contributed by atoms with Crippen molar-refractivity contribution in [1.82, 2.24) is 19.8 Å². The fraction of sp³-hybridized carbons (Fsp3) is 0.222. The maximum atomic E-state index is 12.1. The summed E-state index contributed by atoms with van der Waals surface area (Å²) in [6, 6.07) is 8.03. The first-order chi connectivity index (χ1) is 11.2. The normalized spacial score (nSPS) is 10.1. The molecule has 0 spiro atoms. The minimum Gasteiger partial charge on any atom is -0.334 e. The highest BCUT2D eigenvalue weighted by atomic mass is 16.2. The van der Waals surface area contributed by atoms with E-state index < -0.39 is 0 Å². The Bertz CT molecular complexity index is 639. The molecule has 1 aromatic carbocycles. The van der Waals surface area contributed by atoms with Gasteiger partial charge in [-0.3, -0.25) is 0 Å². The number of nitrogens with zero attached hydrogens (tertiary/aromatic N) is 3. The van der Waals surface area contributed by atoms with Gasteiger partial charge in [0.2, 0.25) is 0 Å². The van der Waals surface area contributed by atoms with Crippen molar-refractivity contribution >= 4 is 6.03 Å². The van der Waals surface area contributed by atoms with Crippen LogP contribution in [0.15, 0.2) is 68.3 Å². The average Bonchev–Trinajstić information content (AvgIpc) is 3.06. The molecule has 5 nitrogen and oxygen atoms in total. The average molecular weight is 310 g/mol. The van der Waals surface area contributed by atoms with Crippen LogP contribution in [0.2, 0.25) is 0 Å². The molecular formula is C18H22N4O. The third kappa shape index (κ3) is 5.14. The van der Waals surface area contributed by atoms with Crippen molar-refractivity contribution in [2.24, 2.45) is 0 Å². The van der Waals surface area contributed by atoms with Crippen LogP contribution in [-0.4, -0.2) is 33.6 Å². The van der Waals surface area contributed by atoms with Gasteiger partial charge in [-0.25, -0.2) is 9.78 Å². The Morgan fingerprint density at radius 3 is 2.65 bits per heavy atom. The van der Waals surface area contributed by atoms with E-state index in [2.05, 4.69) is 35.6 Å². The zero-order valence-corrected chi connectivity index (χ0v) is 13.2. The Labute approximate surface area is 137 Å². The van der Waals surface area contributed by atoms with E-state index in [0.717, 1.165) is 12.1 Å². The summed E-state index contributed by atoms with van der Waals surface area (Å²) in [7, 11) is 0. The number of imidazole rings is 1. The first-order valence-corrected chi connectivity index (χ1v) is 7.51. The molecule has 0 bridgehead atoms. The molecule has 0 aliphatic rings. The van der Waals surface area contributed by atoms with Gasteiger partial charge in [0.15, 0.2) is 0 Å². The predicted molar refractivity (Wildman–Crippen MR) is 92.0 cm³/mol. The fourth-order valence-corrected chi connectivity index (χ4v) is 2.27. The van der Waals surface area contributed by atoms with Crippen LogP contribution >= 0.6 is 0 Å². The van der Waals surface area contributed by atoms with Crippen molar-refractivity contribution in [2.75, 3.05) is 13.1 Å². The Kier molecular flexibility index (Phi) is 6.17. The van der Waals surface area contributed by atoms with E-state index in [1.54, 1.807) is 29.6 Å². The van der Waals surface area contributed by atoms with Crippen LogP contribution in [0.3, 0.4) is 0 Å². The summed E-state index contributed by atoms with van der Waals surface area (Å²) in [5.41, 5.74) is 2.23. The monoisotopic (exact) mass is 310 g/mol. The van der Waals surface area contributed by atoms with Gasteiger partial charge in [-0.1, -0.05) is 36.4 Å². The number of amides is 2. The number of benzene rings is 1. The Hall–Kier alpha value is -2.82. The van der Waals surface area contributed by atoms with Gasteiger partial charge in [0.1, 0.15) is 0 Å². The van der Waals surface area contributed by atoms with Gasteiger partial charge < -0.3 is 14.8 Å². The Morgan fingerprint density at radius 1 is 1.26 bits per heavy atom. The van der Waals surface area contributed by atoms with Gasteiger partial charge in [-0.15, -0.1) is 13.2 Å². The van der Waals surface area contributed by atoms with E-state index in [1.807, 2.05) is 22.9 Å². The zero-order valence-electron chi connectivity index (χ0n) is 13.2. The number of rotatable bonds is 8. The molecule has 120 valence electrons. The molecule has 5 heteroatoms. The van der Waals surface area contributed by atoms with E-state index in [-0.39, 0.29) is 6.03 Å². The lowest BCUT2D eigenvalue weighted by Gasteiger charge is -2.20. The maximum absolute atomic E-state index is 12.1. The zero-order chi connectivity index (χ0) is 16.5. The summed E-state index contributed by atoms with van der Waals surface area (Å²) in [6.45, 7) is 9.58. The van der Waals surface area contributed by atoms with E-state index in [1.165, 1.54) is 5.56 Å². The van der Waals surface area contributed by atoms with Gasteiger partial charge in [-0.05, 0) is 11.1 Å². The van der Waals surface area contributed by atoms with Crippen molar-refractivity contribution in [1.29, 1.82) is 0 Å². The van der Waals surface area contributed by atoms with Crippen LogP contribution in [0.25, 0.3) is 0 Å². The highest BCUT2D eigenvalue weighted by Crippen LogP contribution is 2.07. The standard InChI is InChI=1S/C18H22N4O/c1-3-9-22(10-4-2)18(23)20-13-16-6-5-7-17(12-16)14-21-11-8-19-15-21/h3-8,11-12,15H,1-2,9-10,13-14H2,(H,20,23). The van der Waals surface area contributed by atoms with E-state index >= 15 is 0 Å². The predicted octanol–water partition coefficient (Wildman–Crippen LogP) is 2.82. The van der Waals surface area contributed by atoms with Crippen LogP contribution in [-0.2, 0) is 13.1 Å². The lowest BCUT2D eigenvalue weighted by molar-refractivity contribution is 0.208. The summed E-state index contributed by atoms with van der Waals surface area (Å²) in [4.78, 5) is 17.8. The van der Waals surface area contributed by atoms with Crippen LogP contribution in [0, 0.1) is 0 Å². The van der Waals surface area contributed by atoms with Crippen LogP contribution in [0.4, 0.5) is 4.79 Å². The molecule has 0 unspecified atom stereocenters. The second-order valence-electron chi connectivity index (χ2n) is 5.20. The van der Waals surface area contributed by atoms with Crippen molar-refractivity contribution in [3.05, 3.63) is 79.4 Å². The van der Waals surface area contributed by atoms with Crippen LogP contribution < -0.4 is 5.32 Å². The van der Waals surface area contributed by atoms with Crippen molar-refractivity contribution in [3.63, 3.8) is 0 Å². The maximum Gasteiger partial charge on any atom is 0.318 e. The van der Waals surface area contributed by atoms with Crippen LogP contribution in [0.1, 0.15) is 11.1 Å². The second kappa shape index (κ2) is 8.58. The third-order valence-corrected chi connectivity index (χ3v) is 3.35. The molecule has 1 heterocycles.